The molecule has 0 radical (unpaired) electrons. The van der Waals surface area contributed by atoms with Crippen molar-refractivity contribution in [2.24, 2.45) is 17.6 Å². The van der Waals surface area contributed by atoms with Crippen molar-refractivity contribution < 1.29 is 38.1 Å². The van der Waals surface area contributed by atoms with Gasteiger partial charge in [0.05, 0.1) is 36.8 Å². The Morgan fingerprint density at radius 1 is 1.31 bits per heavy atom. The van der Waals surface area contributed by atoms with E-state index in [9.17, 15) is 19.2 Å². The first-order valence-corrected chi connectivity index (χ1v) is 12.4. The van der Waals surface area contributed by atoms with Crippen LogP contribution in [0.25, 0.3) is 0 Å². The summed E-state index contributed by atoms with van der Waals surface area (Å²) >= 11 is 1.22. The summed E-state index contributed by atoms with van der Waals surface area (Å²) in [6, 6.07) is -0.636. The number of amides is 2. The van der Waals surface area contributed by atoms with Gasteiger partial charge in [0.15, 0.2) is 16.7 Å². The molecule has 4 aliphatic heterocycles. The number of nitrogens with one attached hydrogen (secondary N) is 1. The molecule has 0 aromatic carbocycles. The second-order valence-electron chi connectivity index (χ2n) is 9.16. The van der Waals surface area contributed by atoms with Crippen LogP contribution in [0.3, 0.4) is 0 Å². The molecule has 1 aromatic rings. The fourth-order valence-electron chi connectivity index (χ4n) is 6.37. The van der Waals surface area contributed by atoms with Crippen LogP contribution >= 0.6 is 11.8 Å². The maximum Gasteiger partial charge on any atom is 0.404 e. The van der Waals surface area contributed by atoms with Crippen LogP contribution in [0.2, 0.25) is 0 Å². The van der Waals surface area contributed by atoms with Gasteiger partial charge in [-0.3, -0.25) is 19.5 Å². The van der Waals surface area contributed by atoms with E-state index in [4.69, 9.17) is 24.7 Å². The van der Waals surface area contributed by atoms with E-state index in [2.05, 4.69) is 15.2 Å². The molecule has 3 fully saturated rings. The highest BCUT2D eigenvalue weighted by atomic mass is 32.2. The Labute approximate surface area is 208 Å². The number of primary amides is 1. The predicted molar refractivity (Wildman–Crippen MR) is 118 cm³/mol. The Balaban J connectivity index is 1.44. The summed E-state index contributed by atoms with van der Waals surface area (Å²) in [5.74, 6) is -4.59. The number of hydrogen-bond donors (Lipinski definition) is 2. The Bertz CT molecular complexity index is 1180. The lowest BCUT2D eigenvalue weighted by molar-refractivity contribution is -0.197. The molecule has 15 heteroatoms. The molecule has 1 unspecified atom stereocenters. The standard InChI is InChI=1S/C21H24N6O8S/c1-9(28)27-12-5-26-14-13(10(6-33-18(22)31)20(26,32-2)16(12)27)17(30)21(34-3-4-35-21)11(15(14)29)7-36-19-23-8-24-25-19/h8,10-12,16H,3-7H2,1-2H3,(H2,22,31)(H,23,24,25)/t10-,11?,12+,16+,20-,27?/m1/s1. The van der Waals surface area contributed by atoms with E-state index in [0.717, 1.165) is 0 Å². The lowest BCUT2D eigenvalue weighted by atomic mass is 9.76. The minimum absolute atomic E-state index is 0.111. The van der Waals surface area contributed by atoms with Gasteiger partial charge < -0.3 is 34.5 Å². The number of nitrogens with zero attached hydrogens (tertiary/aromatic N) is 4. The number of ether oxygens (including phenoxy) is 4. The molecule has 1 aromatic heterocycles. The van der Waals surface area contributed by atoms with Crippen molar-refractivity contribution in [2.75, 3.05) is 39.2 Å². The van der Waals surface area contributed by atoms with Gasteiger partial charge in [-0.15, -0.1) is 0 Å². The molecule has 0 bridgehead atoms. The molecule has 5 heterocycles. The van der Waals surface area contributed by atoms with Gasteiger partial charge in [0, 0.05) is 31.9 Å². The Morgan fingerprint density at radius 3 is 2.67 bits per heavy atom. The summed E-state index contributed by atoms with van der Waals surface area (Å²) in [5.41, 5.74) is 4.26. The average Bonchev–Trinajstić information content (AvgIpc) is 3.32. The minimum Gasteiger partial charge on any atom is -0.449 e. The molecule has 1 aliphatic carbocycles. The molecule has 3 saturated heterocycles. The number of allylic oxidation sites excluding steroid dienone is 1. The van der Waals surface area contributed by atoms with Crippen molar-refractivity contribution in [3.63, 3.8) is 0 Å². The summed E-state index contributed by atoms with van der Waals surface area (Å²) in [6.07, 6.45) is 0.314. The molecule has 192 valence electrons. The van der Waals surface area contributed by atoms with Crippen LogP contribution in [0.4, 0.5) is 4.79 Å². The van der Waals surface area contributed by atoms with Gasteiger partial charge in [-0.2, -0.15) is 5.10 Å². The monoisotopic (exact) mass is 520 g/mol. The highest BCUT2D eigenvalue weighted by Crippen LogP contribution is 2.61. The lowest BCUT2D eigenvalue weighted by Crippen LogP contribution is -2.56. The maximum absolute atomic E-state index is 14.2. The molecule has 3 N–H and O–H groups in total. The van der Waals surface area contributed by atoms with Crippen LogP contribution in [0.15, 0.2) is 22.8 Å². The van der Waals surface area contributed by atoms with E-state index >= 15 is 0 Å². The molecule has 0 saturated carbocycles. The molecule has 14 nitrogen and oxygen atoms in total. The van der Waals surface area contributed by atoms with Gasteiger partial charge in [-0.1, -0.05) is 11.8 Å². The number of carbonyl (C=O) groups excluding carboxylic acids is 4. The quantitative estimate of drug-likeness (QED) is 0.333. The number of thioether (sulfide) groups is 1. The van der Waals surface area contributed by atoms with Crippen LogP contribution in [0.5, 0.6) is 0 Å². The zero-order valence-corrected chi connectivity index (χ0v) is 20.3. The van der Waals surface area contributed by atoms with Crippen LogP contribution in [0.1, 0.15) is 6.92 Å². The SMILES string of the molecule is CO[C@@]12[C@H](COC(N)=O)C3=C(C(=O)C(CSc4ncn[nH]4)C4(OCCO4)C3=O)N1C[C@H]1[C@@H]2N1C(C)=O. The van der Waals surface area contributed by atoms with Gasteiger partial charge in [-0.25, -0.2) is 9.78 Å². The number of aromatic nitrogens is 3. The molecular formula is C21H24N6O8S. The van der Waals surface area contributed by atoms with Crippen LogP contribution in [-0.2, 0) is 33.3 Å². The fourth-order valence-corrected chi connectivity index (χ4v) is 7.30. The Hall–Kier alpha value is -3.01. The van der Waals surface area contributed by atoms with E-state index in [1.165, 1.54) is 32.1 Å². The molecule has 5 atom stereocenters. The van der Waals surface area contributed by atoms with E-state index in [1.807, 2.05) is 0 Å². The van der Waals surface area contributed by atoms with Crippen molar-refractivity contribution in [1.29, 1.82) is 0 Å². The van der Waals surface area contributed by atoms with E-state index in [-0.39, 0.29) is 54.6 Å². The molecular weight excluding hydrogens is 496 g/mol. The number of rotatable bonds is 6. The molecule has 1 spiro atoms. The second-order valence-corrected chi connectivity index (χ2v) is 10.2. The first kappa shape index (κ1) is 23.4. The summed E-state index contributed by atoms with van der Waals surface area (Å²) in [7, 11) is 1.45. The predicted octanol–water partition coefficient (Wildman–Crippen LogP) is -1.36. The number of piperazine rings is 1. The number of ketones is 2. The molecule has 6 rings (SSSR count). The van der Waals surface area contributed by atoms with Crippen LogP contribution < -0.4 is 5.73 Å². The van der Waals surface area contributed by atoms with Crippen molar-refractivity contribution in [1.82, 2.24) is 25.0 Å². The first-order valence-electron chi connectivity index (χ1n) is 11.4. The van der Waals surface area contributed by atoms with Gasteiger partial charge in [-0.05, 0) is 0 Å². The summed E-state index contributed by atoms with van der Waals surface area (Å²) in [6.45, 7) is 1.69. The highest BCUT2D eigenvalue weighted by molar-refractivity contribution is 7.99. The number of carbonyl (C=O) groups is 4. The average molecular weight is 521 g/mol. The first-order chi connectivity index (χ1) is 17.3. The largest absolute Gasteiger partial charge is 0.449 e. The molecule has 2 amide bonds. The van der Waals surface area contributed by atoms with Crippen molar-refractivity contribution in [2.45, 2.75) is 35.7 Å². The maximum atomic E-state index is 14.2. The van der Waals surface area contributed by atoms with Gasteiger partial charge in [0.2, 0.25) is 17.5 Å². The number of methoxy groups -OCH3 is 1. The number of hydrogen-bond acceptors (Lipinski definition) is 12. The third kappa shape index (κ3) is 2.90. The lowest BCUT2D eigenvalue weighted by Gasteiger charge is -2.41. The van der Waals surface area contributed by atoms with Gasteiger partial charge >= 0.3 is 6.09 Å². The summed E-state index contributed by atoms with van der Waals surface area (Å²) < 4.78 is 22.9. The number of nitrogens with two attached hydrogens (primary N) is 1. The third-order valence-electron chi connectivity index (χ3n) is 7.67. The second kappa shape index (κ2) is 7.99. The number of aromatic amines is 1. The van der Waals surface area contributed by atoms with Gasteiger partial charge in [0.25, 0.3) is 0 Å². The van der Waals surface area contributed by atoms with Crippen LogP contribution in [-0.4, -0.2) is 111 Å². The van der Waals surface area contributed by atoms with Crippen LogP contribution in [0, 0.1) is 11.8 Å². The number of H-pyrrole nitrogens is 1. The Morgan fingerprint density at radius 2 is 2.06 bits per heavy atom. The van der Waals surface area contributed by atoms with E-state index in [0.29, 0.717) is 11.7 Å². The van der Waals surface area contributed by atoms with Gasteiger partial charge in [0.1, 0.15) is 19.0 Å². The van der Waals surface area contributed by atoms with Crippen molar-refractivity contribution >= 4 is 35.3 Å². The zero-order chi connectivity index (χ0) is 25.4. The normalized spacial score (nSPS) is 33.7. The van der Waals surface area contributed by atoms with Crippen molar-refractivity contribution in [3.8, 4) is 0 Å². The summed E-state index contributed by atoms with van der Waals surface area (Å²) in [5, 5.41) is 7.02. The Kier molecular flexibility index (Phi) is 5.19. The smallest absolute Gasteiger partial charge is 0.404 e. The number of fused-ring (bicyclic) bond motifs is 4. The molecule has 5 aliphatic rings. The topological polar surface area (TPSA) is 179 Å². The highest BCUT2D eigenvalue weighted by Gasteiger charge is 2.79. The fraction of sp³-hybridized carbons (Fsp3) is 0.619. The van der Waals surface area contributed by atoms with E-state index in [1.54, 1.807) is 9.80 Å². The zero-order valence-electron chi connectivity index (χ0n) is 19.5. The van der Waals surface area contributed by atoms with Crippen molar-refractivity contribution in [3.05, 3.63) is 17.6 Å². The van der Waals surface area contributed by atoms with E-state index < -0.39 is 41.3 Å². The molecule has 36 heavy (non-hydrogen) atoms. The summed E-state index contributed by atoms with van der Waals surface area (Å²) in [4.78, 5) is 59.7. The third-order valence-corrected chi connectivity index (χ3v) is 8.64. The minimum atomic E-state index is -1.83. The number of Topliss-reactive ketones (excluding diaryl/α,β-unsaturated/α-hetero) is 2.